The highest BCUT2D eigenvalue weighted by Gasteiger charge is 2.45. The van der Waals surface area contributed by atoms with Crippen molar-refractivity contribution in [1.82, 2.24) is 9.80 Å². The SMILES string of the molecule is C=CCN1C(=O)C(=O)N(C[C@H]2COc3ccccc3O2)C1=O. The van der Waals surface area contributed by atoms with Crippen LogP contribution < -0.4 is 9.47 Å². The predicted octanol–water partition coefficient (Wildman–Crippen LogP) is 0.803. The number of benzene rings is 1. The van der Waals surface area contributed by atoms with Crippen LogP contribution in [-0.4, -0.2) is 53.4 Å². The van der Waals surface area contributed by atoms with E-state index in [1.54, 1.807) is 18.2 Å². The van der Waals surface area contributed by atoms with Gasteiger partial charge in [-0.2, -0.15) is 0 Å². The molecule has 2 aliphatic rings. The van der Waals surface area contributed by atoms with Gasteiger partial charge in [-0.05, 0) is 12.1 Å². The number of hydrogen-bond donors (Lipinski definition) is 0. The minimum absolute atomic E-state index is 0.00473. The number of hydrogen-bond acceptors (Lipinski definition) is 5. The molecule has 0 unspecified atom stereocenters. The Balaban J connectivity index is 1.72. The van der Waals surface area contributed by atoms with Gasteiger partial charge in [0.2, 0.25) is 0 Å². The van der Waals surface area contributed by atoms with E-state index in [0.717, 1.165) is 9.80 Å². The third-order valence-electron chi connectivity index (χ3n) is 3.40. The molecule has 2 aliphatic heterocycles. The summed E-state index contributed by atoms with van der Waals surface area (Å²) in [6.07, 6.45) is 0.877. The lowest BCUT2D eigenvalue weighted by molar-refractivity contribution is -0.143. The van der Waals surface area contributed by atoms with Gasteiger partial charge in [-0.15, -0.1) is 6.58 Å². The van der Waals surface area contributed by atoms with E-state index < -0.39 is 23.9 Å². The lowest BCUT2D eigenvalue weighted by atomic mass is 10.2. The number of rotatable bonds is 4. The first kappa shape index (κ1) is 14.1. The third kappa shape index (κ3) is 2.30. The molecule has 0 saturated carbocycles. The summed E-state index contributed by atoms with van der Waals surface area (Å²) in [5.41, 5.74) is 0. The van der Waals surface area contributed by atoms with Gasteiger partial charge in [0, 0.05) is 6.54 Å². The molecule has 0 radical (unpaired) electrons. The molecule has 0 spiro atoms. The fourth-order valence-corrected chi connectivity index (χ4v) is 2.36. The van der Waals surface area contributed by atoms with Crippen LogP contribution in [0.5, 0.6) is 11.5 Å². The number of amides is 4. The summed E-state index contributed by atoms with van der Waals surface area (Å²) in [6, 6.07) is 6.48. The number of ether oxygens (including phenoxy) is 2. The maximum absolute atomic E-state index is 12.1. The number of fused-ring (bicyclic) bond motifs is 1. The van der Waals surface area contributed by atoms with Crippen molar-refractivity contribution in [2.75, 3.05) is 19.7 Å². The Labute approximate surface area is 126 Å². The molecule has 7 heteroatoms. The van der Waals surface area contributed by atoms with Crippen LogP contribution in [-0.2, 0) is 9.59 Å². The highest BCUT2D eigenvalue weighted by Crippen LogP contribution is 2.31. The highest BCUT2D eigenvalue weighted by atomic mass is 16.6. The number of nitrogens with zero attached hydrogens (tertiary/aromatic N) is 2. The van der Waals surface area contributed by atoms with Crippen molar-refractivity contribution in [2.24, 2.45) is 0 Å². The fourth-order valence-electron chi connectivity index (χ4n) is 2.36. The van der Waals surface area contributed by atoms with E-state index in [4.69, 9.17) is 9.47 Å². The normalized spacial score (nSPS) is 20.5. The molecular weight excluding hydrogens is 288 g/mol. The van der Waals surface area contributed by atoms with Crippen molar-refractivity contribution in [2.45, 2.75) is 6.10 Å². The van der Waals surface area contributed by atoms with E-state index in [9.17, 15) is 14.4 Å². The summed E-state index contributed by atoms with van der Waals surface area (Å²) < 4.78 is 11.2. The summed E-state index contributed by atoms with van der Waals surface area (Å²) in [7, 11) is 0. The fraction of sp³-hybridized carbons (Fsp3) is 0.267. The number of carbonyl (C=O) groups excluding carboxylic acids is 3. The molecule has 1 saturated heterocycles. The van der Waals surface area contributed by atoms with Crippen LogP contribution in [0, 0.1) is 0 Å². The van der Waals surface area contributed by atoms with E-state index in [2.05, 4.69) is 6.58 Å². The van der Waals surface area contributed by atoms with Crippen LogP contribution >= 0.6 is 0 Å². The first-order chi connectivity index (χ1) is 10.6. The van der Waals surface area contributed by atoms with E-state index in [1.165, 1.54) is 6.08 Å². The van der Waals surface area contributed by atoms with Crippen molar-refractivity contribution in [3.05, 3.63) is 36.9 Å². The maximum atomic E-state index is 12.1. The largest absolute Gasteiger partial charge is 0.486 e. The monoisotopic (exact) mass is 302 g/mol. The summed E-state index contributed by atoms with van der Waals surface area (Å²) in [5, 5.41) is 0. The van der Waals surface area contributed by atoms with E-state index in [-0.39, 0.29) is 19.7 Å². The molecule has 0 N–H and O–H groups in total. The highest BCUT2D eigenvalue weighted by molar-refractivity contribution is 6.44. The van der Waals surface area contributed by atoms with Gasteiger partial charge in [-0.3, -0.25) is 19.4 Å². The molecule has 114 valence electrons. The molecule has 0 aliphatic carbocycles. The van der Waals surface area contributed by atoms with E-state index >= 15 is 0 Å². The molecule has 0 aromatic heterocycles. The van der Waals surface area contributed by atoms with Crippen molar-refractivity contribution >= 4 is 17.8 Å². The van der Waals surface area contributed by atoms with Crippen LogP contribution in [0.4, 0.5) is 4.79 Å². The van der Waals surface area contributed by atoms with Crippen molar-refractivity contribution in [3.63, 3.8) is 0 Å². The van der Waals surface area contributed by atoms with Gasteiger partial charge in [-0.1, -0.05) is 18.2 Å². The molecule has 1 aromatic carbocycles. The van der Waals surface area contributed by atoms with Crippen LogP contribution in [0.15, 0.2) is 36.9 Å². The minimum atomic E-state index is -0.852. The zero-order valence-electron chi connectivity index (χ0n) is 11.7. The summed E-state index contributed by atoms with van der Waals surface area (Å²) >= 11 is 0. The maximum Gasteiger partial charge on any atom is 0.334 e. The molecule has 1 atom stereocenters. The number of carbonyl (C=O) groups is 3. The van der Waals surface area contributed by atoms with Crippen LogP contribution in [0.2, 0.25) is 0 Å². The van der Waals surface area contributed by atoms with Crippen LogP contribution in [0.1, 0.15) is 0 Å². The number of urea groups is 1. The lowest BCUT2D eigenvalue weighted by Crippen LogP contribution is -2.44. The van der Waals surface area contributed by atoms with Gasteiger partial charge in [0.15, 0.2) is 17.6 Å². The quantitative estimate of drug-likeness (QED) is 0.467. The van der Waals surface area contributed by atoms with Crippen molar-refractivity contribution < 1.29 is 23.9 Å². The first-order valence-corrected chi connectivity index (χ1v) is 6.78. The molecule has 3 rings (SSSR count). The minimum Gasteiger partial charge on any atom is -0.486 e. The Morgan fingerprint density at radius 1 is 1.14 bits per heavy atom. The zero-order valence-corrected chi connectivity index (χ0v) is 11.7. The van der Waals surface area contributed by atoms with Crippen molar-refractivity contribution in [3.8, 4) is 11.5 Å². The Hall–Kier alpha value is -2.83. The smallest absolute Gasteiger partial charge is 0.334 e. The average Bonchev–Trinajstić information content (AvgIpc) is 2.73. The molecule has 1 fully saturated rings. The Kier molecular flexibility index (Phi) is 3.54. The summed E-state index contributed by atoms with van der Waals surface area (Å²) in [6.45, 7) is 3.63. The average molecular weight is 302 g/mol. The molecule has 7 nitrogen and oxygen atoms in total. The summed E-state index contributed by atoms with van der Waals surface area (Å²) in [5.74, 6) is -0.536. The standard InChI is InChI=1S/C15H14N2O5/c1-2-7-16-13(18)14(19)17(15(16)20)8-10-9-21-11-5-3-4-6-12(11)22-10/h2-6,10H,1,7-9H2/t10-/m0/s1. The first-order valence-electron chi connectivity index (χ1n) is 6.78. The van der Waals surface area contributed by atoms with Gasteiger partial charge in [0.1, 0.15) is 6.61 Å². The second-order valence-electron chi connectivity index (χ2n) is 4.90. The van der Waals surface area contributed by atoms with Crippen molar-refractivity contribution in [1.29, 1.82) is 0 Å². The number of para-hydroxylation sites is 2. The number of imide groups is 2. The Bertz CT molecular complexity index is 657. The Morgan fingerprint density at radius 3 is 2.55 bits per heavy atom. The molecule has 0 bridgehead atoms. The van der Waals surface area contributed by atoms with Gasteiger partial charge in [-0.25, -0.2) is 4.79 Å². The van der Waals surface area contributed by atoms with Gasteiger partial charge >= 0.3 is 17.8 Å². The summed E-state index contributed by atoms with van der Waals surface area (Å²) in [4.78, 5) is 37.5. The van der Waals surface area contributed by atoms with Gasteiger partial charge in [0.05, 0.1) is 6.54 Å². The second kappa shape index (κ2) is 5.51. The Morgan fingerprint density at radius 2 is 1.82 bits per heavy atom. The van der Waals surface area contributed by atoms with Gasteiger partial charge < -0.3 is 9.47 Å². The predicted molar refractivity (Wildman–Crippen MR) is 75.4 cm³/mol. The lowest BCUT2D eigenvalue weighted by Gasteiger charge is -2.28. The molecule has 2 heterocycles. The molecular formula is C15H14N2O5. The molecule has 1 aromatic rings. The van der Waals surface area contributed by atoms with Crippen LogP contribution in [0.3, 0.4) is 0 Å². The third-order valence-corrected chi connectivity index (χ3v) is 3.40. The van der Waals surface area contributed by atoms with E-state index in [0.29, 0.717) is 11.5 Å². The second-order valence-corrected chi connectivity index (χ2v) is 4.90. The molecule has 4 amide bonds. The van der Waals surface area contributed by atoms with Crippen LogP contribution in [0.25, 0.3) is 0 Å². The van der Waals surface area contributed by atoms with E-state index in [1.807, 2.05) is 6.07 Å². The molecule has 22 heavy (non-hydrogen) atoms. The van der Waals surface area contributed by atoms with Gasteiger partial charge in [0.25, 0.3) is 0 Å². The topological polar surface area (TPSA) is 76.2 Å². The zero-order chi connectivity index (χ0) is 15.7.